The third-order valence-corrected chi connectivity index (χ3v) is 4.68. The molecule has 0 aliphatic rings. The number of hydrogen-bond acceptors (Lipinski definition) is 4. The van der Waals surface area contributed by atoms with Crippen LogP contribution in [0.25, 0.3) is 0 Å². The molecule has 7 heteroatoms. The smallest absolute Gasteiger partial charge is 0.246 e. The van der Waals surface area contributed by atoms with Crippen molar-refractivity contribution in [1.82, 2.24) is 19.4 Å². The average Bonchev–Trinajstić information content (AvgIpc) is 2.70. The molecule has 0 radical (unpaired) electrons. The van der Waals surface area contributed by atoms with Crippen molar-refractivity contribution in [2.75, 3.05) is 33.7 Å². The zero-order valence-electron chi connectivity index (χ0n) is 11.5. The first-order chi connectivity index (χ1) is 8.39. The third kappa shape index (κ3) is 3.54. The predicted octanol–water partition coefficient (Wildman–Crippen LogP) is 0.680. The fourth-order valence-electron chi connectivity index (χ4n) is 1.65. The van der Waals surface area contributed by atoms with Crippen LogP contribution in [0, 0.1) is 6.92 Å². The van der Waals surface area contributed by atoms with Crippen LogP contribution in [0.5, 0.6) is 0 Å². The van der Waals surface area contributed by atoms with Gasteiger partial charge < -0.3 is 4.90 Å². The molecule has 0 bridgehead atoms. The number of nitrogens with zero attached hydrogens (tertiary/aromatic N) is 3. The molecule has 0 atom stereocenters. The van der Waals surface area contributed by atoms with Crippen LogP contribution in [0.4, 0.5) is 0 Å². The molecule has 104 valence electrons. The summed E-state index contributed by atoms with van der Waals surface area (Å²) in [5.41, 5.74) is 0.584. The molecule has 0 spiro atoms. The molecule has 1 heterocycles. The van der Waals surface area contributed by atoms with Crippen LogP contribution in [-0.2, 0) is 10.0 Å². The second-order valence-corrected chi connectivity index (χ2v) is 6.47. The van der Waals surface area contributed by atoms with Gasteiger partial charge in [0.1, 0.15) is 4.90 Å². The standard InChI is InChI=1S/C11H22N4O2S/c1-5-6-15(8-7-14(3)4)18(16,17)11-9-12-13-10(11)2/h9H,5-8H2,1-4H3,(H,12,13). The maximum absolute atomic E-state index is 12.5. The van der Waals surface area contributed by atoms with Gasteiger partial charge in [-0.1, -0.05) is 6.92 Å². The van der Waals surface area contributed by atoms with Gasteiger partial charge in [-0.15, -0.1) is 0 Å². The van der Waals surface area contributed by atoms with Gasteiger partial charge in [-0.25, -0.2) is 8.42 Å². The molecule has 0 saturated carbocycles. The van der Waals surface area contributed by atoms with Gasteiger partial charge in [0.25, 0.3) is 0 Å². The quantitative estimate of drug-likeness (QED) is 0.794. The molecule has 0 unspecified atom stereocenters. The molecule has 6 nitrogen and oxygen atoms in total. The van der Waals surface area contributed by atoms with Crippen LogP contribution in [0.3, 0.4) is 0 Å². The Bertz CT molecular complexity index is 467. The Morgan fingerprint density at radius 3 is 2.39 bits per heavy atom. The largest absolute Gasteiger partial charge is 0.308 e. The minimum atomic E-state index is -3.43. The van der Waals surface area contributed by atoms with E-state index >= 15 is 0 Å². The van der Waals surface area contributed by atoms with Crippen LogP contribution in [-0.4, -0.2) is 61.5 Å². The summed E-state index contributed by atoms with van der Waals surface area (Å²) in [5, 5.41) is 6.45. The minimum absolute atomic E-state index is 0.273. The number of H-pyrrole nitrogens is 1. The molecule has 0 aromatic carbocycles. The van der Waals surface area contributed by atoms with Crippen LogP contribution in [0.2, 0.25) is 0 Å². The van der Waals surface area contributed by atoms with Gasteiger partial charge in [0.15, 0.2) is 0 Å². The van der Waals surface area contributed by atoms with Gasteiger partial charge in [-0.3, -0.25) is 5.10 Å². The van der Waals surface area contributed by atoms with Crippen LogP contribution in [0.15, 0.2) is 11.1 Å². The Morgan fingerprint density at radius 1 is 1.28 bits per heavy atom. The Hall–Kier alpha value is -0.920. The van der Waals surface area contributed by atoms with Crippen LogP contribution in [0.1, 0.15) is 19.0 Å². The summed E-state index contributed by atoms with van der Waals surface area (Å²) >= 11 is 0. The highest BCUT2D eigenvalue weighted by Gasteiger charge is 2.26. The first-order valence-electron chi connectivity index (χ1n) is 6.04. The zero-order valence-corrected chi connectivity index (χ0v) is 12.3. The van der Waals surface area contributed by atoms with Gasteiger partial charge in [0.05, 0.1) is 11.9 Å². The van der Waals surface area contributed by atoms with E-state index in [0.29, 0.717) is 25.3 Å². The maximum atomic E-state index is 12.5. The SMILES string of the molecule is CCCN(CCN(C)C)S(=O)(=O)c1cn[nH]c1C. The molecule has 1 N–H and O–H groups in total. The van der Waals surface area contributed by atoms with E-state index in [1.807, 2.05) is 25.9 Å². The summed E-state index contributed by atoms with van der Waals surface area (Å²) < 4.78 is 26.4. The van der Waals surface area contributed by atoms with E-state index < -0.39 is 10.0 Å². The molecule has 1 aromatic rings. The lowest BCUT2D eigenvalue weighted by Gasteiger charge is -2.22. The summed E-state index contributed by atoms with van der Waals surface area (Å²) in [7, 11) is 0.427. The number of likely N-dealkylation sites (N-methyl/N-ethyl adjacent to an activating group) is 1. The maximum Gasteiger partial charge on any atom is 0.246 e. The fourth-order valence-corrected chi connectivity index (χ4v) is 3.29. The number of aromatic nitrogens is 2. The van der Waals surface area contributed by atoms with Gasteiger partial charge in [-0.2, -0.15) is 9.40 Å². The number of aromatic amines is 1. The van der Waals surface area contributed by atoms with Gasteiger partial charge in [0, 0.05) is 19.6 Å². The molecule has 0 saturated heterocycles. The van der Waals surface area contributed by atoms with Crippen molar-refractivity contribution in [1.29, 1.82) is 0 Å². The van der Waals surface area contributed by atoms with E-state index in [1.54, 1.807) is 6.92 Å². The lowest BCUT2D eigenvalue weighted by Crippen LogP contribution is -2.37. The highest BCUT2D eigenvalue weighted by atomic mass is 32.2. The van der Waals surface area contributed by atoms with Crippen molar-refractivity contribution in [3.63, 3.8) is 0 Å². The van der Waals surface area contributed by atoms with Crippen molar-refractivity contribution < 1.29 is 8.42 Å². The van der Waals surface area contributed by atoms with Gasteiger partial charge >= 0.3 is 0 Å². The van der Waals surface area contributed by atoms with E-state index in [9.17, 15) is 8.42 Å². The molecule has 1 aromatic heterocycles. The van der Waals surface area contributed by atoms with Crippen LogP contribution >= 0.6 is 0 Å². The molecule has 18 heavy (non-hydrogen) atoms. The van der Waals surface area contributed by atoms with Crippen molar-refractivity contribution >= 4 is 10.0 Å². The summed E-state index contributed by atoms with van der Waals surface area (Å²) in [6.45, 7) is 5.42. The number of rotatable bonds is 7. The fraction of sp³-hybridized carbons (Fsp3) is 0.727. The lowest BCUT2D eigenvalue weighted by atomic mass is 10.4. The molecule has 0 amide bonds. The monoisotopic (exact) mass is 274 g/mol. The van der Waals surface area contributed by atoms with Gasteiger partial charge in [-0.05, 0) is 27.4 Å². The number of hydrogen-bond donors (Lipinski definition) is 1. The van der Waals surface area contributed by atoms with Crippen molar-refractivity contribution in [2.24, 2.45) is 0 Å². The van der Waals surface area contributed by atoms with Crippen molar-refractivity contribution in [2.45, 2.75) is 25.2 Å². The molecular weight excluding hydrogens is 252 g/mol. The number of nitrogens with one attached hydrogen (secondary N) is 1. The summed E-state index contributed by atoms with van der Waals surface area (Å²) in [5.74, 6) is 0. The summed E-state index contributed by atoms with van der Waals surface area (Å²) in [6, 6.07) is 0. The average molecular weight is 274 g/mol. The Morgan fingerprint density at radius 2 is 1.94 bits per heavy atom. The highest BCUT2D eigenvalue weighted by molar-refractivity contribution is 7.89. The Balaban J connectivity index is 2.94. The Kier molecular flexibility index (Phi) is 5.30. The molecular formula is C11H22N4O2S. The summed E-state index contributed by atoms with van der Waals surface area (Å²) in [6.07, 6.45) is 2.17. The molecule has 0 aliphatic carbocycles. The van der Waals surface area contributed by atoms with Gasteiger partial charge in [0.2, 0.25) is 10.0 Å². The molecule has 0 aliphatic heterocycles. The first-order valence-corrected chi connectivity index (χ1v) is 7.48. The van der Waals surface area contributed by atoms with E-state index in [4.69, 9.17) is 0 Å². The van der Waals surface area contributed by atoms with E-state index in [1.165, 1.54) is 10.5 Å². The molecule has 0 fully saturated rings. The van der Waals surface area contributed by atoms with E-state index in [-0.39, 0.29) is 4.90 Å². The number of aryl methyl sites for hydroxylation is 1. The Labute approximate surface area is 109 Å². The zero-order chi connectivity index (χ0) is 13.8. The first kappa shape index (κ1) is 15.1. The van der Waals surface area contributed by atoms with Crippen molar-refractivity contribution in [3.05, 3.63) is 11.9 Å². The number of sulfonamides is 1. The van der Waals surface area contributed by atoms with E-state index in [0.717, 1.165) is 6.42 Å². The highest BCUT2D eigenvalue weighted by Crippen LogP contribution is 2.17. The van der Waals surface area contributed by atoms with Crippen LogP contribution < -0.4 is 0 Å². The predicted molar refractivity (Wildman–Crippen MR) is 70.9 cm³/mol. The molecule has 1 rings (SSSR count). The second-order valence-electron chi connectivity index (χ2n) is 4.57. The lowest BCUT2D eigenvalue weighted by molar-refractivity contribution is 0.333. The minimum Gasteiger partial charge on any atom is -0.308 e. The van der Waals surface area contributed by atoms with E-state index in [2.05, 4.69) is 10.2 Å². The summed E-state index contributed by atoms with van der Waals surface area (Å²) in [4.78, 5) is 2.25. The topological polar surface area (TPSA) is 69.3 Å². The third-order valence-electron chi connectivity index (χ3n) is 2.67. The van der Waals surface area contributed by atoms with Crippen molar-refractivity contribution in [3.8, 4) is 0 Å². The normalized spacial score (nSPS) is 12.6. The second kappa shape index (κ2) is 6.31.